The lowest BCUT2D eigenvalue weighted by Gasteiger charge is -2.28. The maximum Gasteiger partial charge on any atom is 0.126 e. The number of rotatable bonds is 32. The summed E-state index contributed by atoms with van der Waals surface area (Å²) in [6, 6.07) is 0.326. The van der Waals surface area contributed by atoms with Crippen LogP contribution in [0.3, 0.4) is 0 Å². The molecule has 0 fully saturated rings. The van der Waals surface area contributed by atoms with Crippen LogP contribution in [0.1, 0.15) is 168 Å². The minimum absolute atomic E-state index is 0.193. The van der Waals surface area contributed by atoms with Crippen molar-refractivity contribution >= 4 is 22.6 Å². The van der Waals surface area contributed by atoms with E-state index in [0.29, 0.717) is 6.04 Å². The van der Waals surface area contributed by atoms with Gasteiger partial charge in [0.1, 0.15) is 4.11 Å². The predicted molar refractivity (Wildman–Crippen MR) is 183 cm³/mol. The van der Waals surface area contributed by atoms with Crippen molar-refractivity contribution in [1.82, 2.24) is 4.90 Å². The van der Waals surface area contributed by atoms with Gasteiger partial charge in [-0.15, -0.1) is 0 Å². The molecule has 0 aromatic heterocycles. The molecule has 0 heterocycles. The summed E-state index contributed by atoms with van der Waals surface area (Å²) in [5.74, 6) is 0. The Morgan fingerprint density at radius 3 is 1.36 bits per heavy atom. The molecule has 0 aromatic carbocycles. The molecule has 0 bridgehead atoms. The van der Waals surface area contributed by atoms with Crippen LogP contribution >= 0.6 is 22.6 Å². The van der Waals surface area contributed by atoms with E-state index >= 15 is 0 Å². The topological polar surface area (TPSA) is 21.7 Å². The third-order valence-electron chi connectivity index (χ3n) is 7.83. The second-order valence-electron chi connectivity index (χ2n) is 11.9. The van der Waals surface area contributed by atoms with Gasteiger partial charge in [0.25, 0.3) is 0 Å². The molecule has 0 radical (unpaired) electrons. The first-order valence-corrected chi connectivity index (χ1v) is 18.5. The maximum atomic E-state index is 6.19. The molecule has 3 nitrogen and oxygen atoms in total. The highest BCUT2D eigenvalue weighted by atomic mass is 127. The van der Waals surface area contributed by atoms with Gasteiger partial charge in [-0.2, -0.15) is 0 Å². The summed E-state index contributed by atoms with van der Waals surface area (Å²) in [6.07, 6.45) is 37.5. The van der Waals surface area contributed by atoms with Gasteiger partial charge < -0.3 is 14.4 Å². The van der Waals surface area contributed by atoms with Gasteiger partial charge in [-0.25, -0.2) is 0 Å². The Balaban J connectivity index is 3.46. The molecule has 0 aliphatic rings. The molecular weight excluding hydrogens is 593 g/mol. The molecule has 2 unspecified atom stereocenters. The Morgan fingerprint density at radius 1 is 0.538 bits per heavy atom. The molecule has 0 aliphatic heterocycles. The van der Waals surface area contributed by atoms with E-state index in [0.717, 1.165) is 19.8 Å². The van der Waals surface area contributed by atoms with E-state index in [1.54, 1.807) is 0 Å². The van der Waals surface area contributed by atoms with Crippen LogP contribution in [0.5, 0.6) is 0 Å². The number of allylic oxidation sites excluding steroid dienone is 2. The highest BCUT2D eigenvalue weighted by Crippen LogP contribution is 2.16. The highest BCUT2D eigenvalue weighted by molar-refractivity contribution is 14.1. The van der Waals surface area contributed by atoms with Crippen molar-refractivity contribution in [1.29, 1.82) is 0 Å². The average Bonchev–Trinajstić information content (AvgIpc) is 2.92. The summed E-state index contributed by atoms with van der Waals surface area (Å²) >= 11 is 2.46. The Kier molecular flexibility index (Phi) is 33.2. The molecule has 0 amide bonds. The summed E-state index contributed by atoms with van der Waals surface area (Å²) in [5, 5.41) is 0. The molecule has 0 rings (SSSR count). The molecule has 0 aromatic rings. The van der Waals surface area contributed by atoms with Crippen LogP contribution in [0, 0.1) is 0 Å². The number of ether oxygens (including phenoxy) is 2. The van der Waals surface area contributed by atoms with E-state index in [9.17, 15) is 0 Å². The number of hydrogen-bond donors (Lipinski definition) is 0. The molecule has 0 N–H and O–H groups in total. The molecule has 39 heavy (non-hydrogen) atoms. The van der Waals surface area contributed by atoms with E-state index in [1.165, 1.54) is 154 Å². The van der Waals surface area contributed by atoms with E-state index in [2.05, 4.69) is 67.6 Å². The lowest BCUT2D eigenvalue weighted by Crippen LogP contribution is -2.41. The summed E-state index contributed by atoms with van der Waals surface area (Å²) in [4.78, 5) is 2.26. The zero-order chi connectivity index (χ0) is 28.7. The van der Waals surface area contributed by atoms with E-state index in [1.807, 2.05) is 0 Å². The lowest BCUT2D eigenvalue weighted by atomic mass is 10.1. The van der Waals surface area contributed by atoms with E-state index in [4.69, 9.17) is 9.47 Å². The van der Waals surface area contributed by atoms with Crippen LogP contribution < -0.4 is 0 Å². The normalized spacial score (nSPS) is 13.6. The highest BCUT2D eigenvalue weighted by Gasteiger charge is 2.21. The fourth-order valence-electron chi connectivity index (χ4n) is 5.01. The largest absolute Gasteiger partial charge is 0.380 e. The minimum Gasteiger partial charge on any atom is -0.380 e. The molecule has 0 aliphatic carbocycles. The van der Waals surface area contributed by atoms with Gasteiger partial charge in [-0.3, -0.25) is 0 Å². The van der Waals surface area contributed by atoms with Crippen molar-refractivity contribution in [2.45, 2.75) is 178 Å². The lowest BCUT2D eigenvalue weighted by molar-refractivity contribution is 0.0110. The van der Waals surface area contributed by atoms with Crippen LogP contribution in [-0.4, -0.2) is 49.0 Å². The van der Waals surface area contributed by atoms with Gasteiger partial charge in [-0.1, -0.05) is 142 Å². The standard InChI is InChI=1S/C35H70INO2/c1-5-7-9-11-13-14-15-16-17-18-19-20-21-22-23-24-25-26-28-30-32-39-35(36)34(37(3)4)33-38-31-29-27-12-10-8-6-2/h16-17,34-35H,5-15,18-33H2,1-4H3/b17-16-. The molecule has 4 heteroatoms. The number of halogens is 1. The summed E-state index contributed by atoms with van der Waals surface area (Å²) in [5.41, 5.74) is 0. The van der Waals surface area contributed by atoms with E-state index < -0.39 is 0 Å². The van der Waals surface area contributed by atoms with Crippen molar-refractivity contribution in [3.63, 3.8) is 0 Å². The van der Waals surface area contributed by atoms with Crippen molar-refractivity contribution in [2.75, 3.05) is 33.9 Å². The van der Waals surface area contributed by atoms with Gasteiger partial charge in [-0.05, 0) is 75.2 Å². The third-order valence-corrected chi connectivity index (χ3v) is 9.02. The van der Waals surface area contributed by atoms with Crippen LogP contribution in [0.15, 0.2) is 12.2 Å². The SMILES string of the molecule is CCCCCCCC/C=C\CCCCCCCCCCCCOC(I)C(COCCCCCCCC)N(C)C. The molecule has 0 saturated heterocycles. The second-order valence-corrected chi connectivity index (χ2v) is 13.2. The summed E-state index contributed by atoms with van der Waals surface area (Å²) in [7, 11) is 4.28. The Labute approximate surface area is 260 Å². The quantitative estimate of drug-likeness (QED) is 0.0309. The van der Waals surface area contributed by atoms with Gasteiger partial charge in [0, 0.05) is 13.2 Å². The monoisotopic (exact) mass is 663 g/mol. The number of likely N-dealkylation sites (N-methyl/N-ethyl adjacent to an activating group) is 1. The fraction of sp³-hybridized carbons (Fsp3) is 0.943. The smallest absolute Gasteiger partial charge is 0.126 e. The molecule has 234 valence electrons. The van der Waals surface area contributed by atoms with Crippen molar-refractivity contribution in [3.05, 3.63) is 12.2 Å². The third kappa shape index (κ3) is 29.6. The van der Waals surface area contributed by atoms with Crippen molar-refractivity contribution < 1.29 is 9.47 Å². The Bertz CT molecular complexity index is 485. The first kappa shape index (κ1) is 39.4. The number of hydrogen-bond acceptors (Lipinski definition) is 3. The fourth-order valence-corrected chi connectivity index (χ4v) is 6.12. The molecule has 0 saturated carbocycles. The molecule has 2 atom stereocenters. The second kappa shape index (κ2) is 32.9. The minimum atomic E-state index is 0.193. The molecule has 0 spiro atoms. The summed E-state index contributed by atoms with van der Waals surface area (Å²) < 4.78 is 12.4. The van der Waals surface area contributed by atoms with Crippen LogP contribution in [-0.2, 0) is 9.47 Å². The van der Waals surface area contributed by atoms with Gasteiger partial charge in [0.05, 0.1) is 12.6 Å². The first-order chi connectivity index (χ1) is 19.1. The van der Waals surface area contributed by atoms with E-state index in [-0.39, 0.29) is 4.11 Å². The van der Waals surface area contributed by atoms with Gasteiger partial charge in [0.2, 0.25) is 0 Å². The number of nitrogens with zero attached hydrogens (tertiary/aromatic N) is 1. The first-order valence-electron chi connectivity index (χ1n) is 17.3. The van der Waals surface area contributed by atoms with Crippen LogP contribution in [0.25, 0.3) is 0 Å². The zero-order valence-corrected chi connectivity index (χ0v) is 29.2. The number of unbranched alkanes of at least 4 members (excludes halogenated alkanes) is 21. The Hall–Kier alpha value is 0.350. The van der Waals surface area contributed by atoms with Crippen molar-refractivity contribution in [2.24, 2.45) is 0 Å². The van der Waals surface area contributed by atoms with Crippen molar-refractivity contribution in [3.8, 4) is 0 Å². The van der Waals surface area contributed by atoms with Gasteiger partial charge in [0.15, 0.2) is 0 Å². The predicted octanol–water partition coefficient (Wildman–Crippen LogP) is 11.7. The molecular formula is C35H70INO2. The maximum absolute atomic E-state index is 6.19. The number of alkyl halides is 1. The average molecular weight is 664 g/mol. The van der Waals surface area contributed by atoms with Gasteiger partial charge >= 0.3 is 0 Å². The zero-order valence-electron chi connectivity index (χ0n) is 27.0. The van der Waals surface area contributed by atoms with Crippen LogP contribution in [0.4, 0.5) is 0 Å². The summed E-state index contributed by atoms with van der Waals surface area (Å²) in [6.45, 7) is 7.10. The van der Waals surface area contributed by atoms with Crippen LogP contribution in [0.2, 0.25) is 0 Å². The Morgan fingerprint density at radius 2 is 0.923 bits per heavy atom.